The third-order valence-electron chi connectivity index (χ3n) is 2.64. The zero-order valence-electron chi connectivity index (χ0n) is 11.1. The Balaban J connectivity index is 2.57. The van der Waals surface area contributed by atoms with E-state index in [2.05, 4.69) is 11.3 Å². The lowest BCUT2D eigenvalue weighted by atomic mass is 10.2. The summed E-state index contributed by atoms with van der Waals surface area (Å²) < 4.78 is 25.9. The molecule has 1 amide bonds. The van der Waals surface area contributed by atoms with Gasteiger partial charge < -0.3 is 0 Å². The highest BCUT2D eigenvalue weighted by Gasteiger charge is 2.16. The molecule has 1 aromatic rings. The molecule has 4 nitrogen and oxygen atoms in total. The number of unbranched alkanes of at least 4 members (excludes halogenated alkanes) is 2. The molecule has 0 unspecified atom stereocenters. The number of nitrogens with one attached hydrogen (secondary N) is 1. The van der Waals surface area contributed by atoms with Crippen molar-refractivity contribution in [2.45, 2.75) is 37.5 Å². The number of aryl methyl sites for hydroxylation is 1. The van der Waals surface area contributed by atoms with E-state index >= 15 is 0 Å². The predicted molar refractivity (Wildman–Crippen MR) is 75.2 cm³/mol. The zero-order valence-corrected chi connectivity index (χ0v) is 11.9. The Morgan fingerprint density at radius 3 is 2.47 bits per heavy atom. The first-order valence-corrected chi connectivity index (χ1v) is 7.67. The molecule has 0 bridgehead atoms. The van der Waals surface area contributed by atoms with Crippen molar-refractivity contribution in [2.24, 2.45) is 0 Å². The molecule has 1 N–H and O–H groups in total. The van der Waals surface area contributed by atoms with Crippen LogP contribution in [-0.2, 0) is 14.8 Å². The Hall–Kier alpha value is -1.62. The second-order valence-electron chi connectivity index (χ2n) is 4.38. The van der Waals surface area contributed by atoms with Gasteiger partial charge in [0, 0.05) is 6.42 Å². The average molecular weight is 281 g/mol. The van der Waals surface area contributed by atoms with Crippen LogP contribution >= 0.6 is 0 Å². The first-order chi connectivity index (χ1) is 8.95. The summed E-state index contributed by atoms with van der Waals surface area (Å²) in [5.74, 6) is -0.468. The number of amides is 1. The maximum Gasteiger partial charge on any atom is 0.264 e. The molecule has 0 aliphatic rings. The summed E-state index contributed by atoms with van der Waals surface area (Å²) in [5, 5.41) is 0. The van der Waals surface area contributed by atoms with Gasteiger partial charge >= 0.3 is 0 Å². The molecule has 19 heavy (non-hydrogen) atoms. The second-order valence-corrected chi connectivity index (χ2v) is 6.06. The minimum atomic E-state index is -3.74. The molecule has 104 valence electrons. The van der Waals surface area contributed by atoms with E-state index in [0.717, 1.165) is 18.4 Å². The van der Waals surface area contributed by atoms with E-state index in [1.165, 1.54) is 12.1 Å². The molecule has 0 spiro atoms. The zero-order chi connectivity index (χ0) is 14.3. The lowest BCUT2D eigenvalue weighted by Crippen LogP contribution is -2.30. The predicted octanol–water partition coefficient (Wildman–Crippen LogP) is 2.55. The van der Waals surface area contributed by atoms with E-state index in [-0.39, 0.29) is 11.3 Å². The van der Waals surface area contributed by atoms with Crippen molar-refractivity contribution in [1.82, 2.24) is 4.72 Å². The van der Waals surface area contributed by atoms with Gasteiger partial charge in [-0.3, -0.25) is 4.79 Å². The van der Waals surface area contributed by atoms with Crippen LogP contribution < -0.4 is 4.72 Å². The minimum absolute atomic E-state index is 0.109. The van der Waals surface area contributed by atoms with Crippen LogP contribution in [-0.4, -0.2) is 14.3 Å². The van der Waals surface area contributed by atoms with Crippen molar-refractivity contribution in [3.05, 3.63) is 42.5 Å². The minimum Gasteiger partial charge on any atom is -0.274 e. The molecule has 0 radical (unpaired) electrons. The monoisotopic (exact) mass is 281 g/mol. The van der Waals surface area contributed by atoms with Gasteiger partial charge in [-0.1, -0.05) is 23.8 Å². The van der Waals surface area contributed by atoms with Gasteiger partial charge in [0.05, 0.1) is 4.90 Å². The number of carbonyl (C=O) groups is 1. The molecular weight excluding hydrogens is 262 g/mol. The fraction of sp³-hybridized carbons (Fsp3) is 0.357. The highest BCUT2D eigenvalue weighted by Crippen LogP contribution is 2.10. The van der Waals surface area contributed by atoms with E-state index < -0.39 is 15.9 Å². The van der Waals surface area contributed by atoms with Gasteiger partial charge in [-0.15, -0.1) is 6.58 Å². The standard InChI is InChI=1S/C14H19NO3S/c1-3-4-5-6-7-14(16)15-19(17,18)13-10-8-12(2)9-11-13/h3,8-11H,1,4-7H2,2H3,(H,15,16). The van der Waals surface area contributed by atoms with Crippen LogP contribution in [0.1, 0.15) is 31.2 Å². The first-order valence-electron chi connectivity index (χ1n) is 6.19. The van der Waals surface area contributed by atoms with Crippen molar-refractivity contribution in [3.63, 3.8) is 0 Å². The van der Waals surface area contributed by atoms with Crippen molar-refractivity contribution in [2.75, 3.05) is 0 Å². The van der Waals surface area contributed by atoms with Crippen LogP contribution in [0.4, 0.5) is 0 Å². The SMILES string of the molecule is C=CCCCCC(=O)NS(=O)(=O)c1ccc(C)cc1. The van der Waals surface area contributed by atoms with Gasteiger partial charge in [0.2, 0.25) is 5.91 Å². The maximum atomic E-state index is 11.9. The molecule has 5 heteroatoms. The van der Waals surface area contributed by atoms with Crippen molar-refractivity contribution in [1.29, 1.82) is 0 Å². The van der Waals surface area contributed by atoms with Crippen molar-refractivity contribution in [3.8, 4) is 0 Å². The van der Waals surface area contributed by atoms with Gasteiger partial charge in [-0.2, -0.15) is 0 Å². The van der Waals surface area contributed by atoms with Crippen molar-refractivity contribution < 1.29 is 13.2 Å². The summed E-state index contributed by atoms with van der Waals surface area (Å²) in [6.45, 7) is 5.46. The fourth-order valence-corrected chi connectivity index (χ4v) is 2.57. The first kappa shape index (κ1) is 15.4. The second kappa shape index (κ2) is 7.09. The third-order valence-corrected chi connectivity index (χ3v) is 4.03. The number of benzene rings is 1. The van der Waals surface area contributed by atoms with Crippen molar-refractivity contribution >= 4 is 15.9 Å². The van der Waals surface area contributed by atoms with E-state index in [1.807, 2.05) is 6.92 Å². The third kappa shape index (κ3) is 5.26. The van der Waals surface area contributed by atoms with Gasteiger partial charge in [-0.25, -0.2) is 13.1 Å². The number of hydrogen-bond donors (Lipinski definition) is 1. The molecule has 1 aromatic carbocycles. The van der Waals surface area contributed by atoms with Crippen LogP contribution in [0.2, 0.25) is 0 Å². The molecule has 0 heterocycles. The van der Waals surface area contributed by atoms with E-state index in [4.69, 9.17) is 0 Å². The smallest absolute Gasteiger partial charge is 0.264 e. The Morgan fingerprint density at radius 2 is 1.89 bits per heavy atom. The number of sulfonamides is 1. The van der Waals surface area contributed by atoms with Gasteiger partial charge in [0.1, 0.15) is 0 Å². The number of carbonyl (C=O) groups excluding carboxylic acids is 1. The molecule has 0 aliphatic heterocycles. The normalized spacial score (nSPS) is 11.0. The van der Waals surface area contributed by atoms with Gasteiger partial charge in [-0.05, 0) is 38.3 Å². The highest BCUT2D eigenvalue weighted by atomic mass is 32.2. The fourth-order valence-electron chi connectivity index (χ4n) is 1.55. The lowest BCUT2D eigenvalue weighted by Gasteiger charge is -2.07. The molecule has 0 atom stereocenters. The Labute approximate surface area is 114 Å². The Kier molecular flexibility index (Phi) is 5.76. The number of rotatable bonds is 7. The molecular formula is C14H19NO3S. The van der Waals surface area contributed by atoms with Gasteiger partial charge in [0.15, 0.2) is 0 Å². The van der Waals surface area contributed by atoms with E-state index in [1.54, 1.807) is 18.2 Å². The van der Waals surface area contributed by atoms with Crippen LogP contribution in [0.5, 0.6) is 0 Å². The highest BCUT2D eigenvalue weighted by molar-refractivity contribution is 7.90. The van der Waals surface area contributed by atoms with Crippen LogP contribution in [0.3, 0.4) is 0 Å². The summed E-state index contributed by atoms with van der Waals surface area (Å²) in [7, 11) is -3.74. The Morgan fingerprint density at radius 1 is 1.26 bits per heavy atom. The maximum absolute atomic E-state index is 11.9. The topological polar surface area (TPSA) is 63.2 Å². The summed E-state index contributed by atoms with van der Waals surface area (Å²) in [5.41, 5.74) is 0.967. The molecule has 0 aliphatic carbocycles. The molecule has 0 aromatic heterocycles. The molecule has 1 rings (SSSR count). The summed E-state index contributed by atoms with van der Waals surface area (Å²) in [4.78, 5) is 11.7. The lowest BCUT2D eigenvalue weighted by molar-refractivity contribution is -0.119. The van der Waals surface area contributed by atoms with Crippen LogP contribution in [0, 0.1) is 6.92 Å². The van der Waals surface area contributed by atoms with E-state index in [9.17, 15) is 13.2 Å². The summed E-state index contributed by atoms with van der Waals surface area (Å²) in [6.07, 6.45) is 4.31. The quantitative estimate of drug-likeness (QED) is 0.617. The Bertz CT molecular complexity index is 532. The number of hydrogen-bond acceptors (Lipinski definition) is 3. The number of allylic oxidation sites excluding steroid dienone is 1. The molecule has 0 fully saturated rings. The average Bonchev–Trinajstić information content (AvgIpc) is 2.34. The summed E-state index contributed by atoms with van der Waals surface area (Å²) >= 11 is 0. The molecule has 0 saturated carbocycles. The molecule has 0 saturated heterocycles. The van der Waals surface area contributed by atoms with Crippen LogP contribution in [0.25, 0.3) is 0 Å². The van der Waals surface area contributed by atoms with Crippen LogP contribution in [0.15, 0.2) is 41.8 Å². The summed E-state index contributed by atoms with van der Waals surface area (Å²) in [6, 6.07) is 6.37. The van der Waals surface area contributed by atoms with Gasteiger partial charge in [0.25, 0.3) is 10.0 Å². The van der Waals surface area contributed by atoms with E-state index in [0.29, 0.717) is 6.42 Å². The largest absolute Gasteiger partial charge is 0.274 e.